The van der Waals surface area contributed by atoms with E-state index in [9.17, 15) is 10.2 Å². The normalized spacial score (nSPS) is 34.9. The van der Waals surface area contributed by atoms with Crippen molar-refractivity contribution in [3.8, 4) is 0 Å². The molecular formula is C14H26O2. The number of hydrogen-bond donors (Lipinski definition) is 2. The minimum absolute atomic E-state index is 0.0883. The summed E-state index contributed by atoms with van der Waals surface area (Å²) in [5, 5.41) is 19.6. The maximum absolute atomic E-state index is 10.4. The lowest BCUT2D eigenvalue weighted by Gasteiger charge is -2.36. The van der Waals surface area contributed by atoms with Crippen molar-refractivity contribution in [3.05, 3.63) is 0 Å². The predicted octanol–water partition coefficient (Wildman–Crippen LogP) is 2.73. The predicted molar refractivity (Wildman–Crippen MR) is 65.1 cm³/mol. The Hall–Kier alpha value is -0.0800. The van der Waals surface area contributed by atoms with E-state index in [0.717, 1.165) is 12.8 Å². The first-order valence-corrected chi connectivity index (χ1v) is 7.10. The van der Waals surface area contributed by atoms with Gasteiger partial charge in [0, 0.05) is 6.61 Å². The third kappa shape index (κ3) is 2.98. The van der Waals surface area contributed by atoms with Gasteiger partial charge in [0.05, 0.1) is 6.10 Å². The Morgan fingerprint density at radius 2 is 1.56 bits per heavy atom. The molecule has 2 nitrogen and oxygen atoms in total. The summed E-state index contributed by atoms with van der Waals surface area (Å²) in [5.74, 6) is 1.47. The van der Waals surface area contributed by atoms with Crippen LogP contribution in [0.5, 0.6) is 0 Å². The molecule has 3 unspecified atom stereocenters. The summed E-state index contributed by atoms with van der Waals surface area (Å²) in [6.45, 7) is 0.313. The van der Waals surface area contributed by atoms with Gasteiger partial charge in [0.15, 0.2) is 0 Å². The second-order valence-corrected chi connectivity index (χ2v) is 5.86. The zero-order valence-corrected chi connectivity index (χ0v) is 10.3. The van der Waals surface area contributed by atoms with E-state index in [1.165, 1.54) is 44.9 Å². The van der Waals surface area contributed by atoms with E-state index in [4.69, 9.17) is 0 Å². The van der Waals surface area contributed by atoms with E-state index in [1.807, 2.05) is 0 Å². The van der Waals surface area contributed by atoms with Gasteiger partial charge in [0.2, 0.25) is 0 Å². The first-order chi connectivity index (χ1) is 7.81. The van der Waals surface area contributed by atoms with Crippen LogP contribution in [0.25, 0.3) is 0 Å². The Morgan fingerprint density at radius 3 is 2.25 bits per heavy atom. The van der Waals surface area contributed by atoms with E-state index in [-0.39, 0.29) is 6.10 Å². The molecule has 2 heteroatoms. The maximum Gasteiger partial charge on any atom is 0.0596 e. The van der Waals surface area contributed by atoms with Gasteiger partial charge in [-0.05, 0) is 49.9 Å². The van der Waals surface area contributed by atoms with Crippen molar-refractivity contribution >= 4 is 0 Å². The molecule has 0 radical (unpaired) electrons. The van der Waals surface area contributed by atoms with Crippen LogP contribution >= 0.6 is 0 Å². The molecule has 2 fully saturated rings. The van der Waals surface area contributed by atoms with Gasteiger partial charge in [-0.2, -0.15) is 0 Å². The molecule has 0 bridgehead atoms. The van der Waals surface area contributed by atoms with Crippen LogP contribution in [0.1, 0.15) is 57.8 Å². The van der Waals surface area contributed by atoms with Crippen molar-refractivity contribution < 1.29 is 10.2 Å². The third-order valence-corrected chi connectivity index (χ3v) is 4.70. The molecule has 2 rings (SSSR count). The Balaban J connectivity index is 1.84. The average molecular weight is 226 g/mol. The molecule has 94 valence electrons. The molecule has 0 aromatic rings. The fourth-order valence-electron chi connectivity index (χ4n) is 3.67. The SMILES string of the molecule is OCC1CCCC(C(O)C2CCCCC2)C1. The quantitative estimate of drug-likeness (QED) is 0.777. The molecule has 0 amide bonds. The summed E-state index contributed by atoms with van der Waals surface area (Å²) in [6, 6.07) is 0. The molecule has 0 saturated heterocycles. The molecule has 3 atom stereocenters. The smallest absolute Gasteiger partial charge is 0.0596 e. The molecule has 0 aromatic carbocycles. The van der Waals surface area contributed by atoms with Crippen LogP contribution < -0.4 is 0 Å². The van der Waals surface area contributed by atoms with Gasteiger partial charge in [0.1, 0.15) is 0 Å². The van der Waals surface area contributed by atoms with Crippen LogP contribution in [-0.4, -0.2) is 22.9 Å². The summed E-state index contributed by atoms with van der Waals surface area (Å²) < 4.78 is 0. The Labute approximate surface area is 99.1 Å². The van der Waals surface area contributed by atoms with Crippen molar-refractivity contribution in [1.82, 2.24) is 0 Å². The van der Waals surface area contributed by atoms with E-state index < -0.39 is 0 Å². The van der Waals surface area contributed by atoms with Crippen LogP contribution in [0.15, 0.2) is 0 Å². The number of aliphatic hydroxyl groups is 2. The van der Waals surface area contributed by atoms with Gasteiger partial charge < -0.3 is 10.2 Å². The molecule has 0 heterocycles. The zero-order valence-electron chi connectivity index (χ0n) is 10.3. The summed E-state index contributed by atoms with van der Waals surface area (Å²) in [7, 11) is 0. The van der Waals surface area contributed by atoms with Crippen molar-refractivity contribution in [2.75, 3.05) is 6.61 Å². The molecular weight excluding hydrogens is 200 g/mol. The maximum atomic E-state index is 10.4. The van der Waals surface area contributed by atoms with Crippen LogP contribution in [0, 0.1) is 17.8 Å². The van der Waals surface area contributed by atoms with Gasteiger partial charge in [-0.1, -0.05) is 25.7 Å². The highest BCUT2D eigenvalue weighted by molar-refractivity contribution is 4.83. The first-order valence-electron chi connectivity index (χ1n) is 7.10. The fraction of sp³-hybridized carbons (Fsp3) is 1.00. The van der Waals surface area contributed by atoms with Crippen molar-refractivity contribution in [3.63, 3.8) is 0 Å². The summed E-state index contributed by atoms with van der Waals surface area (Å²) in [5.41, 5.74) is 0. The van der Waals surface area contributed by atoms with Crippen LogP contribution in [0.3, 0.4) is 0 Å². The lowest BCUT2D eigenvalue weighted by atomic mass is 9.73. The van der Waals surface area contributed by atoms with Crippen molar-refractivity contribution in [2.45, 2.75) is 63.9 Å². The van der Waals surface area contributed by atoms with E-state index in [1.54, 1.807) is 0 Å². The number of hydrogen-bond acceptors (Lipinski definition) is 2. The number of rotatable bonds is 3. The molecule has 2 N–H and O–H groups in total. The lowest BCUT2D eigenvalue weighted by molar-refractivity contribution is 0.00275. The molecule has 0 aromatic heterocycles. The lowest BCUT2D eigenvalue weighted by Crippen LogP contribution is -2.34. The topological polar surface area (TPSA) is 40.5 Å². The summed E-state index contributed by atoms with van der Waals surface area (Å²) >= 11 is 0. The summed E-state index contributed by atoms with van der Waals surface area (Å²) in [6.07, 6.45) is 10.9. The van der Waals surface area contributed by atoms with Crippen LogP contribution in [0.4, 0.5) is 0 Å². The standard InChI is InChI=1S/C14H26O2/c15-10-11-5-4-8-13(9-11)14(16)12-6-2-1-3-7-12/h11-16H,1-10H2. The van der Waals surface area contributed by atoms with Gasteiger partial charge in [-0.25, -0.2) is 0 Å². The van der Waals surface area contributed by atoms with Gasteiger partial charge in [-0.3, -0.25) is 0 Å². The van der Waals surface area contributed by atoms with Crippen LogP contribution in [-0.2, 0) is 0 Å². The molecule has 2 aliphatic rings. The Kier molecular flexibility index (Phi) is 4.66. The highest BCUT2D eigenvalue weighted by Gasteiger charge is 2.32. The highest BCUT2D eigenvalue weighted by Crippen LogP contribution is 2.37. The monoisotopic (exact) mass is 226 g/mol. The van der Waals surface area contributed by atoms with E-state index >= 15 is 0 Å². The Morgan fingerprint density at radius 1 is 0.875 bits per heavy atom. The average Bonchev–Trinajstić information content (AvgIpc) is 2.39. The molecule has 0 aliphatic heterocycles. The highest BCUT2D eigenvalue weighted by atomic mass is 16.3. The van der Waals surface area contributed by atoms with Gasteiger partial charge in [0.25, 0.3) is 0 Å². The minimum atomic E-state index is -0.0883. The molecule has 16 heavy (non-hydrogen) atoms. The van der Waals surface area contributed by atoms with Crippen molar-refractivity contribution in [1.29, 1.82) is 0 Å². The zero-order chi connectivity index (χ0) is 11.4. The number of aliphatic hydroxyl groups excluding tert-OH is 2. The van der Waals surface area contributed by atoms with Gasteiger partial charge in [-0.15, -0.1) is 0 Å². The molecule has 2 aliphatic carbocycles. The van der Waals surface area contributed by atoms with E-state index in [0.29, 0.717) is 24.4 Å². The Bertz CT molecular complexity index is 199. The summed E-state index contributed by atoms with van der Waals surface area (Å²) in [4.78, 5) is 0. The molecule has 2 saturated carbocycles. The first kappa shape index (κ1) is 12.4. The van der Waals surface area contributed by atoms with E-state index in [2.05, 4.69) is 0 Å². The third-order valence-electron chi connectivity index (χ3n) is 4.70. The van der Waals surface area contributed by atoms with Gasteiger partial charge >= 0.3 is 0 Å². The largest absolute Gasteiger partial charge is 0.396 e. The minimum Gasteiger partial charge on any atom is -0.396 e. The second kappa shape index (κ2) is 6.02. The van der Waals surface area contributed by atoms with Crippen molar-refractivity contribution in [2.24, 2.45) is 17.8 Å². The molecule has 0 spiro atoms. The van der Waals surface area contributed by atoms with Crippen LogP contribution in [0.2, 0.25) is 0 Å². The fourth-order valence-corrected chi connectivity index (χ4v) is 3.67. The second-order valence-electron chi connectivity index (χ2n) is 5.86.